The standard InChI is InChI=1S/C17H27N3O/c18-15-5-4-6-17(13-15)21-12-11-19-10-7-16(14-19)20-8-2-1-3-9-20/h4-6,13,16H,1-3,7-12,14,18H2. The first kappa shape index (κ1) is 14.7. The first-order valence-corrected chi connectivity index (χ1v) is 8.26. The van der Waals surface area contributed by atoms with Crippen molar-refractivity contribution in [3.63, 3.8) is 0 Å². The molecule has 21 heavy (non-hydrogen) atoms. The SMILES string of the molecule is Nc1cccc(OCCN2CCC(N3CCCCC3)C2)c1. The number of likely N-dealkylation sites (tertiary alicyclic amines) is 2. The van der Waals surface area contributed by atoms with Crippen LogP contribution in [0.15, 0.2) is 24.3 Å². The van der Waals surface area contributed by atoms with Crippen LogP contribution in [0.4, 0.5) is 5.69 Å². The predicted octanol–water partition coefficient (Wildman–Crippen LogP) is 2.21. The summed E-state index contributed by atoms with van der Waals surface area (Å²) >= 11 is 0. The van der Waals surface area contributed by atoms with E-state index < -0.39 is 0 Å². The van der Waals surface area contributed by atoms with E-state index in [-0.39, 0.29) is 0 Å². The molecule has 116 valence electrons. The van der Waals surface area contributed by atoms with Crippen molar-refractivity contribution >= 4 is 5.69 Å². The minimum absolute atomic E-state index is 0.746. The highest BCUT2D eigenvalue weighted by Crippen LogP contribution is 2.20. The summed E-state index contributed by atoms with van der Waals surface area (Å²) in [5, 5.41) is 0. The average molecular weight is 289 g/mol. The van der Waals surface area contributed by atoms with Gasteiger partial charge >= 0.3 is 0 Å². The Bertz CT molecular complexity index is 445. The van der Waals surface area contributed by atoms with Crippen molar-refractivity contribution in [3.8, 4) is 5.75 Å². The van der Waals surface area contributed by atoms with Crippen molar-refractivity contribution in [1.82, 2.24) is 9.80 Å². The van der Waals surface area contributed by atoms with Crippen molar-refractivity contribution in [2.75, 3.05) is 45.1 Å². The summed E-state index contributed by atoms with van der Waals surface area (Å²) in [5.74, 6) is 0.877. The molecule has 3 rings (SSSR count). The Labute approximate surface area is 127 Å². The van der Waals surface area contributed by atoms with Gasteiger partial charge in [0.25, 0.3) is 0 Å². The van der Waals surface area contributed by atoms with E-state index in [2.05, 4.69) is 9.80 Å². The third-order valence-electron chi connectivity index (χ3n) is 4.69. The Hall–Kier alpha value is -1.26. The highest BCUT2D eigenvalue weighted by molar-refractivity contribution is 5.43. The van der Waals surface area contributed by atoms with Crippen LogP contribution in [0.5, 0.6) is 5.75 Å². The highest BCUT2D eigenvalue weighted by atomic mass is 16.5. The number of nitrogens with two attached hydrogens (primary N) is 1. The molecule has 1 aromatic carbocycles. The van der Waals surface area contributed by atoms with Crippen LogP contribution >= 0.6 is 0 Å². The lowest BCUT2D eigenvalue weighted by Crippen LogP contribution is -2.41. The fourth-order valence-electron chi connectivity index (χ4n) is 3.49. The van der Waals surface area contributed by atoms with Crippen molar-refractivity contribution in [2.45, 2.75) is 31.7 Å². The van der Waals surface area contributed by atoms with Crippen molar-refractivity contribution in [2.24, 2.45) is 0 Å². The molecule has 0 spiro atoms. The molecule has 1 unspecified atom stereocenters. The number of benzene rings is 1. The number of hydrogen-bond donors (Lipinski definition) is 1. The van der Waals surface area contributed by atoms with Gasteiger partial charge in [-0.25, -0.2) is 0 Å². The van der Waals surface area contributed by atoms with E-state index in [1.165, 1.54) is 51.9 Å². The zero-order valence-corrected chi connectivity index (χ0v) is 12.8. The molecule has 2 N–H and O–H groups in total. The molecule has 2 saturated heterocycles. The number of ether oxygens (including phenoxy) is 1. The maximum Gasteiger partial charge on any atom is 0.121 e. The fourth-order valence-corrected chi connectivity index (χ4v) is 3.49. The number of anilines is 1. The zero-order chi connectivity index (χ0) is 14.5. The summed E-state index contributed by atoms with van der Waals surface area (Å²) in [6.45, 7) is 6.79. The minimum atomic E-state index is 0.746. The second kappa shape index (κ2) is 7.14. The normalized spacial score (nSPS) is 24.3. The second-order valence-corrected chi connectivity index (χ2v) is 6.26. The monoisotopic (exact) mass is 289 g/mol. The summed E-state index contributed by atoms with van der Waals surface area (Å²) < 4.78 is 5.79. The molecule has 1 aromatic rings. The molecule has 1 atom stereocenters. The van der Waals surface area contributed by atoms with Gasteiger partial charge in [0.2, 0.25) is 0 Å². The molecule has 2 aliphatic rings. The zero-order valence-electron chi connectivity index (χ0n) is 12.8. The van der Waals surface area contributed by atoms with Crippen molar-refractivity contribution in [1.29, 1.82) is 0 Å². The Morgan fingerprint density at radius 1 is 1.14 bits per heavy atom. The molecular formula is C17H27N3O. The lowest BCUT2D eigenvalue weighted by molar-refractivity contribution is 0.157. The summed E-state index contributed by atoms with van der Waals surface area (Å²) in [5.41, 5.74) is 6.52. The van der Waals surface area contributed by atoms with Crippen LogP contribution in [0.25, 0.3) is 0 Å². The Balaban J connectivity index is 1.38. The summed E-state index contributed by atoms with van der Waals surface area (Å²) in [7, 11) is 0. The fraction of sp³-hybridized carbons (Fsp3) is 0.647. The minimum Gasteiger partial charge on any atom is -0.492 e. The van der Waals surface area contributed by atoms with Gasteiger partial charge in [0.15, 0.2) is 0 Å². The summed E-state index contributed by atoms with van der Waals surface area (Å²) in [6.07, 6.45) is 5.50. The summed E-state index contributed by atoms with van der Waals surface area (Å²) in [4.78, 5) is 5.23. The van der Waals surface area contributed by atoms with Crippen LogP contribution in [0, 0.1) is 0 Å². The number of rotatable bonds is 5. The van der Waals surface area contributed by atoms with Crippen LogP contribution < -0.4 is 10.5 Å². The Morgan fingerprint density at radius 2 is 2.00 bits per heavy atom. The van der Waals surface area contributed by atoms with Crippen molar-refractivity contribution < 1.29 is 4.74 Å². The predicted molar refractivity (Wildman–Crippen MR) is 86.6 cm³/mol. The van der Waals surface area contributed by atoms with Gasteiger partial charge in [-0.15, -0.1) is 0 Å². The second-order valence-electron chi connectivity index (χ2n) is 6.26. The molecule has 2 aliphatic heterocycles. The first-order valence-electron chi connectivity index (χ1n) is 8.26. The van der Waals surface area contributed by atoms with Crippen LogP contribution in [0.3, 0.4) is 0 Å². The molecule has 4 nitrogen and oxygen atoms in total. The van der Waals surface area contributed by atoms with E-state index in [9.17, 15) is 0 Å². The van der Waals surface area contributed by atoms with Gasteiger partial charge in [0.1, 0.15) is 12.4 Å². The lowest BCUT2D eigenvalue weighted by Gasteiger charge is -2.32. The lowest BCUT2D eigenvalue weighted by atomic mass is 10.1. The van der Waals surface area contributed by atoms with Gasteiger partial charge in [0.05, 0.1) is 0 Å². The number of nitrogen functional groups attached to an aromatic ring is 1. The summed E-state index contributed by atoms with van der Waals surface area (Å²) in [6, 6.07) is 8.46. The van der Waals surface area contributed by atoms with E-state index in [1.54, 1.807) is 0 Å². The van der Waals surface area contributed by atoms with E-state index in [0.717, 1.165) is 30.6 Å². The van der Waals surface area contributed by atoms with Crippen LogP contribution in [-0.2, 0) is 0 Å². The molecule has 2 fully saturated rings. The first-order chi connectivity index (χ1) is 10.3. The van der Waals surface area contributed by atoms with E-state index >= 15 is 0 Å². The van der Waals surface area contributed by atoms with Gasteiger partial charge in [-0.2, -0.15) is 0 Å². The molecular weight excluding hydrogens is 262 g/mol. The average Bonchev–Trinajstić information content (AvgIpc) is 2.97. The van der Waals surface area contributed by atoms with E-state index in [1.807, 2.05) is 24.3 Å². The third-order valence-corrected chi connectivity index (χ3v) is 4.69. The van der Waals surface area contributed by atoms with Crippen LogP contribution in [0.2, 0.25) is 0 Å². The van der Waals surface area contributed by atoms with Crippen LogP contribution in [0.1, 0.15) is 25.7 Å². The Morgan fingerprint density at radius 3 is 2.81 bits per heavy atom. The number of nitrogens with zero attached hydrogens (tertiary/aromatic N) is 2. The van der Waals surface area contributed by atoms with Crippen LogP contribution in [-0.4, -0.2) is 55.2 Å². The smallest absolute Gasteiger partial charge is 0.121 e. The number of hydrogen-bond acceptors (Lipinski definition) is 4. The molecule has 0 aromatic heterocycles. The quantitative estimate of drug-likeness (QED) is 0.844. The maximum atomic E-state index is 5.79. The Kier molecular flexibility index (Phi) is 4.99. The van der Waals surface area contributed by atoms with Gasteiger partial charge in [-0.05, 0) is 51.0 Å². The molecule has 2 heterocycles. The van der Waals surface area contributed by atoms with Gasteiger partial charge < -0.3 is 10.5 Å². The van der Waals surface area contributed by atoms with E-state index in [0.29, 0.717) is 0 Å². The molecule has 0 bridgehead atoms. The topological polar surface area (TPSA) is 41.7 Å². The third kappa shape index (κ3) is 4.11. The van der Waals surface area contributed by atoms with Gasteiger partial charge in [0, 0.05) is 30.9 Å². The molecule has 0 aliphatic carbocycles. The molecule has 0 amide bonds. The van der Waals surface area contributed by atoms with E-state index in [4.69, 9.17) is 10.5 Å². The molecule has 4 heteroatoms. The highest BCUT2D eigenvalue weighted by Gasteiger charge is 2.28. The molecule has 0 saturated carbocycles. The largest absolute Gasteiger partial charge is 0.492 e. The maximum absolute atomic E-state index is 5.79. The van der Waals surface area contributed by atoms with Crippen molar-refractivity contribution in [3.05, 3.63) is 24.3 Å². The van der Waals surface area contributed by atoms with Gasteiger partial charge in [-0.1, -0.05) is 12.5 Å². The molecule has 0 radical (unpaired) electrons. The van der Waals surface area contributed by atoms with Gasteiger partial charge in [-0.3, -0.25) is 9.80 Å². The number of piperidine rings is 1.